The minimum Gasteiger partial charge on any atom is -0.412 e. The van der Waals surface area contributed by atoms with Crippen LogP contribution in [0.3, 0.4) is 0 Å². The van der Waals surface area contributed by atoms with E-state index in [1.807, 2.05) is 6.20 Å². The Morgan fingerprint density at radius 3 is 2.58 bits per heavy atom. The van der Waals surface area contributed by atoms with Gasteiger partial charge in [-0.05, 0) is 30.1 Å². The molecule has 6 heteroatoms. The molecule has 1 spiro atoms. The van der Waals surface area contributed by atoms with Gasteiger partial charge in [-0.3, -0.25) is 0 Å². The predicted octanol–water partition coefficient (Wildman–Crippen LogP) is 4.98. The van der Waals surface area contributed by atoms with E-state index < -0.39 is 8.32 Å². The summed E-state index contributed by atoms with van der Waals surface area (Å²) in [5, 5.41) is 1.36. The molecule has 0 atom stereocenters. The van der Waals surface area contributed by atoms with E-state index in [0.29, 0.717) is 6.61 Å². The van der Waals surface area contributed by atoms with Crippen molar-refractivity contribution in [2.45, 2.75) is 70.6 Å². The Balaban J connectivity index is 1.61. The topological polar surface area (TPSA) is 40.6 Å². The standard InChI is InChI=1S/C18H29NO3SSi/c1-17(2,3)24(4,5)22-13-15-12-19-16(23-15)14-6-8-18(9-7-14)20-10-11-21-18/h6,12H,7-11,13H2,1-5H3. The predicted molar refractivity (Wildman–Crippen MR) is 101 cm³/mol. The molecule has 2 aliphatic rings. The zero-order valence-electron chi connectivity index (χ0n) is 15.5. The summed E-state index contributed by atoms with van der Waals surface area (Å²) in [6.45, 7) is 13.5. The average Bonchev–Trinajstić information content (AvgIpc) is 3.15. The van der Waals surface area contributed by atoms with Crippen LogP contribution < -0.4 is 0 Å². The first-order valence-corrected chi connectivity index (χ1v) is 12.5. The lowest BCUT2D eigenvalue weighted by Crippen LogP contribution is -2.40. The second kappa shape index (κ2) is 6.65. The lowest BCUT2D eigenvalue weighted by Gasteiger charge is -2.35. The maximum absolute atomic E-state index is 6.31. The summed E-state index contributed by atoms with van der Waals surface area (Å²) >= 11 is 1.76. The zero-order chi connectivity index (χ0) is 17.4. The highest BCUT2D eigenvalue weighted by molar-refractivity contribution is 7.12. The van der Waals surface area contributed by atoms with Crippen LogP contribution in [0, 0.1) is 0 Å². The number of hydrogen-bond donors (Lipinski definition) is 0. The Labute approximate surface area is 150 Å². The maximum Gasteiger partial charge on any atom is 0.192 e. The fourth-order valence-corrected chi connectivity index (χ4v) is 4.70. The second-order valence-electron chi connectivity index (χ2n) is 8.22. The number of ether oxygens (including phenoxy) is 2. The third-order valence-electron chi connectivity index (χ3n) is 5.46. The Morgan fingerprint density at radius 1 is 1.29 bits per heavy atom. The molecule has 0 amide bonds. The third kappa shape index (κ3) is 3.83. The number of nitrogens with zero attached hydrogens (tertiary/aromatic N) is 1. The zero-order valence-corrected chi connectivity index (χ0v) is 17.3. The van der Waals surface area contributed by atoms with Gasteiger partial charge in [0.15, 0.2) is 14.1 Å². The van der Waals surface area contributed by atoms with E-state index in [1.165, 1.54) is 10.5 Å². The molecular formula is C18H29NO3SSi. The van der Waals surface area contributed by atoms with Gasteiger partial charge < -0.3 is 13.9 Å². The molecule has 1 aromatic heterocycles. The summed E-state index contributed by atoms with van der Waals surface area (Å²) in [4.78, 5) is 5.83. The molecule has 0 N–H and O–H groups in total. The molecule has 24 heavy (non-hydrogen) atoms. The molecule has 2 heterocycles. The molecular weight excluding hydrogens is 338 g/mol. The van der Waals surface area contributed by atoms with E-state index >= 15 is 0 Å². The van der Waals surface area contributed by atoms with Crippen molar-refractivity contribution >= 4 is 25.2 Å². The van der Waals surface area contributed by atoms with Gasteiger partial charge in [-0.25, -0.2) is 4.98 Å². The maximum atomic E-state index is 6.31. The highest BCUT2D eigenvalue weighted by atomic mass is 32.1. The summed E-state index contributed by atoms with van der Waals surface area (Å²) in [5.41, 5.74) is 1.32. The van der Waals surface area contributed by atoms with Crippen molar-refractivity contribution in [3.05, 3.63) is 22.2 Å². The number of hydrogen-bond acceptors (Lipinski definition) is 5. The van der Waals surface area contributed by atoms with Crippen LogP contribution in [-0.2, 0) is 20.5 Å². The molecule has 0 bridgehead atoms. The second-order valence-corrected chi connectivity index (χ2v) is 14.1. The van der Waals surface area contributed by atoms with E-state index in [4.69, 9.17) is 13.9 Å². The van der Waals surface area contributed by atoms with Crippen molar-refractivity contribution in [3.8, 4) is 0 Å². The molecule has 4 nitrogen and oxygen atoms in total. The summed E-state index contributed by atoms with van der Waals surface area (Å²) in [6, 6.07) is 0. The minimum atomic E-state index is -1.71. The lowest BCUT2D eigenvalue weighted by molar-refractivity contribution is -0.159. The van der Waals surface area contributed by atoms with Crippen LogP contribution >= 0.6 is 11.3 Å². The van der Waals surface area contributed by atoms with Gasteiger partial charge in [0.05, 0.1) is 19.8 Å². The molecule has 0 radical (unpaired) electrons. The van der Waals surface area contributed by atoms with Gasteiger partial charge in [0.1, 0.15) is 5.01 Å². The number of allylic oxidation sites excluding steroid dienone is 1. The van der Waals surface area contributed by atoms with Crippen LogP contribution in [0.15, 0.2) is 12.3 Å². The lowest BCUT2D eigenvalue weighted by atomic mass is 9.94. The minimum absolute atomic E-state index is 0.238. The molecule has 0 unspecified atom stereocenters. The molecule has 0 aromatic carbocycles. The molecule has 0 saturated carbocycles. The molecule has 1 aliphatic heterocycles. The fraction of sp³-hybridized carbons (Fsp3) is 0.722. The number of thiazole rings is 1. The number of aromatic nitrogens is 1. The van der Waals surface area contributed by atoms with Gasteiger partial charge in [0, 0.05) is 23.9 Å². The van der Waals surface area contributed by atoms with Gasteiger partial charge in [-0.2, -0.15) is 0 Å². The SMILES string of the molecule is CC(C)(C)[Si](C)(C)OCc1cnc(C2=CCC3(CC2)OCCO3)s1. The van der Waals surface area contributed by atoms with Crippen molar-refractivity contribution in [2.24, 2.45) is 0 Å². The van der Waals surface area contributed by atoms with E-state index in [0.717, 1.165) is 37.5 Å². The monoisotopic (exact) mass is 367 g/mol. The first-order chi connectivity index (χ1) is 11.2. The average molecular weight is 368 g/mol. The highest BCUT2D eigenvalue weighted by Gasteiger charge is 2.38. The molecule has 1 aliphatic carbocycles. The van der Waals surface area contributed by atoms with Gasteiger partial charge in [-0.15, -0.1) is 11.3 Å². The molecule has 1 aromatic rings. The summed E-state index contributed by atoms with van der Waals surface area (Å²) in [5.74, 6) is -0.352. The van der Waals surface area contributed by atoms with Crippen LogP contribution in [0.5, 0.6) is 0 Å². The summed E-state index contributed by atoms with van der Waals surface area (Å²) < 4.78 is 17.9. The third-order valence-corrected chi connectivity index (χ3v) is 11.0. The van der Waals surface area contributed by atoms with Crippen molar-refractivity contribution < 1.29 is 13.9 Å². The van der Waals surface area contributed by atoms with E-state index in [-0.39, 0.29) is 10.8 Å². The first-order valence-electron chi connectivity index (χ1n) is 8.77. The van der Waals surface area contributed by atoms with Crippen molar-refractivity contribution in [3.63, 3.8) is 0 Å². The summed E-state index contributed by atoms with van der Waals surface area (Å²) in [6.07, 6.45) is 6.94. The Bertz CT molecular complexity index is 612. The Kier molecular flexibility index (Phi) is 5.06. The molecule has 134 valence electrons. The van der Waals surface area contributed by atoms with Gasteiger partial charge in [-0.1, -0.05) is 26.8 Å². The van der Waals surface area contributed by atoms with E-state index in [1.54, 1.807) is 11.3 Å². The fourth-order valence-electron chi connectivity index (χ4n) is 2.75. The van der Waals surface area contributed by atoms with Crippen LogP contribution in [-0.4, -0.2) is 32.3 Å². The quantitative estimate of drug-likeness (QED) is 0.704. The molecule has 1 fully saturated rings. The Morgan fingerprint density at radius 2 is 2.00 bits per heavy atom. The highest BCUT2D eigenvalue weighted by Crippen LogP contribution is 2.40. The van der Waals surface area contributed by atoms with Crippen molar-refractivity contribution in [1.29, 1.82) is 0 Å². The normalized spacial score (nSPS) is 21.3. The molecule has 1 saturated heterocycles. The number of rotatable bonds is 4. The summed E-state index contributed by atoms with van der Waals surface area (Å²) in [7, 11) is -1.71. The molecule has 3 rings (SSSR count). The van der Waals surface area contributed by atoms with Crippen LogP contribution in [0.4, 0.5) is 0 Å². The van der Waals surface area contributed by atoms with Crippen molar-refractivity contribution in [1.82, 2.24) is 4.98 Å². The van der Waals surface area contributed by atoms with Crippen LogP contribution in [0.25, 0.3) is 5.57 Å². The van der Waals surface area contributed by atoms with Crippen LogP contribution in [0.2, 0.25) is 18.1 Å². The van der Waals surface area contributed by atoms with Crippen LogP contribution in [0.1, 0.15) is 49.9 Å². The smallest absolute Gasteiger partial charge is 0.192 e. The first kappa shape index (κ1) is 18.3. The van der Waals surface area contributed by atoms with Gasteiger partial charge >= 0.3 is 0 Å². The van der Waals surface area contributed by atoms with Crippen molar-refractivity contribution in [2.75, 3.05) is 13.2 Å². The largest absolute Gasteiger partial charge is 0.412 e. The van der Waals surface area contributed by atoms with Gasteiger partial charge in [0.25, 0.3) is 0 Å². The Hall–Kier alpha value is -0.533. The van der Waals surface area contributed by atoms with Gasteiger partial charge in [0.2, 0.25) is 0 Å². The van der Waals surface area contributed by atoms with E-state index in [9.17, 15) is 0 Å². The van der Waals surface area contributed by atoms with E-state index in [2.05, 4.69) is 44.9 Å².